The Balaban J connectivity index is 2.12. The molecule has 0 atom stereocenters. The molecule has 3 nitrogen and oxygen atoms in total. The van der Waals surface area contributed by atoms with Gasteiger partial charge in [0.1, 0.15) is 5.75 Å². The third kappa shape index (κ3) is 2.89. The van der Waals surface area contributed by atoms with Crippen molar-refractivity contribution in [3.8, 4) is 11.5 Å². The van der Waals surface area contributed by atoms with Gasteiger partial charge in [-0.25, -0.2) is 0 Å². The third-order valence-electron chi connectivity index (χ3n) is 3.16. The molecule has 0 aliphatic carbocycles. The summed E-state index contributed by atoms with van der Waals surface area (Å²) in [6.45, 7) is 2.02. The number of nitrogens with zero attached hydrogens (tertiary/aromatic N) is 1. The summed E-state index contributed by atoms with van der Waals surface area (Å²) < 4.78 is 8.01. The lowest BCUT2D eigenvalue weighted by atomic mass is 10.2. The third-order valence-corrected chi connectivity index (χ3v) is 4.54. The zero-order valence-electron chi connectivity index (χ0n) is 11.2. The number of halogens is 2. The molecule has 0 spiro atoms. The highest BCUT2D eigenvalue weighted by atomic mass is 79.9. The van der Waals surface area contributed by atoms with Gasteiger partial charge in [0.15, 0.2) is 5.75 Å². The number of hydrogen-bond acceptors (Lipinski definition) is 3. The van der Waals surface area contributed by atoms with Crippen molar-refractivity contribution in [2.75, 3.05) is 5.73 Å². The van der Waals surface area contributed by atoms with E-state index < -0.39 is 0 Å². The fourth-order valence-corrected chi connectivity index (χ4v) is 2.68. The zero-order valence-corrected chi connectivity index (χ0v) is 14.4. The lowest BCUT2D eigenvalue weighted by Crippen LogP contribution is -1.95. The molecule has 5 heteroatoms. The first-order chi connectivity index (χ1) is 10.0. The molecule has 1 heterocycles. The van der Waals surface area contributed by atoms with Crippen LogP contribution < -0.4 is 10.5 Å². The van der Waals surface area contributed by atoms with Crippen molar-refractivity contribution in [3.05, 3.63) is 57.1 Å². The van der Waals surface area contributed by atoms with E-state index in [-0.39, 0.29) is 0 Å². The van der Waals surface area contributed by atoms with Crippen molar-refractivity contribution in [3.63, 3.8) is 0 Å². The van der Waals surface area contributed by atoms with Crippen LogP contribution in [0, 0.1) is 6.92 Å². The smallest absolute Gasteiger partial charge is 0.161 e. The topological polar surface area (TPSA) is 48.1 Å². The Labute approximate surface area is 139 Å². The van der Waals surface area contributed by atoms with Gasteiger partial charge in [-0.2, -0.15) is 0 Å². The highest BCUT2D eigenvalue weighted by molar-refractivity contribution is 9.10. The fourth-order valence-electron chi connectivity index (χ4n) is 2.07. The molecular weight excluding hydrogens is 396 g/mol. The molecule has 2 N–H and O–H groups in total. The van der Waals surface area contributed by atoms with Crippen molar-refractivity contribution >= 4 is 48.5 Å². The summed E-state index contributed by atoms with van der Waals surface area (Å²) in [5, 5.41) is 0.880. The lowest BCUT2D eigenvalue weighted by Gasteiger charge is -2.12. The van der Waals surface area contributed by atoms with Crippen LogP contribution in [-0.2, 0) is 0 Å². The molecule has 0 aliphatic rings. The molecule has 0 fully saturated rings. The van der Waals surface area contributed by atoms with Gasteiger partial charge < -0.3 is 10.5 Å². The number of ether oxygens (including phenoxy) is 1. The molecule has 106 valence electrons. The molecule has 0 saturated carbocycles. The molecule has 2 aromatic carbocycles. The van der Waals surface area contributed by atoms with E-state index in [1.54, 1.807) is 6.20 Å². The highest BCUT2D eigenvalue weighted by Crippen LogP contribution is 2.36. The fraction of sp³-hybridized carbons (Fsp3) is 0.0625. The van der Waals surface area contributed by atoms with Gasteiger partial charge in [-0.05, 0) is 48.9 Å². The summed E-state index contributed by atoms with van der Waals surface area (Å²) in [6, 6.07) is 11.7. The number of rotatable bonds is 2. The van der Waals surface area contributed by atoms with Crippen LogP contribution >= 0.6 is 31.9 Å². The van der Waals surface area contributed by atoms with Crippen LogP contribution in [0.3, 0.4) is 0 Å². The molecule has 0 bridgehead atoms. The Morgan fingerprint density at radius 2 is 1.90 bits per heavy atom. The molecule has 0 saturated heterocycles. The average Bonchev–Trinajstić information content (AvgIpc) is 2.46. The van der Waals surface area contributed by atoms with Crippen LogP contribution in [0.1, 0.15) is 5.56 Å². The number of fused-ring (bicyclic) bond motifs is 1. The zero-order chi connectivity index (χ0) is 15.0. The molecule has 0 aliphatic heterocycles. The molecular formula is C16H12Br2N2O. The van der Waals surface area contributed by atoms with E-state index in [9.17, 15) is 0 Å². The predicted molar refractivity (Wildman–Crippen MR) is 92.8 cm³/mol. The van der Waals surface area contributed by atoms with Crippen LogP contribution in [0.5, 0.6) is 11.5 Å². The first kappa shape index (κ1) is 14.4. The molecule has 1 aromatic heterocycles. The Bertz CT molecular complexity index is 829. The predicted octanol–water partition coefficient (Wildman–Crippen LogP) is 5.44. The van der Waals surface area contributed by atoms with Crippen LogP contribution in [0.25, 0.3) is 10.9 Å². The van der Waals surface area contributed by atoms with Crippen LogP contribution in [-0.4, -0.2) is 4.98 Å². The van der Waals surface area contributed by atoms with Gasteiger partial charge in [0.25, 0.3) is 0 Å². The largest absolute Gasteiger partial charge is 0.454 e. The normalized spacial score (nSPS) is 10.8. The van der Waals surface area contributed by atoms with Crippen LogP contribution in [0.15, 0.2) is 51.5 Å². The maximum absolute atomic E-state index is 6.04. The van der Waals surface area contributed by atoms with E-state index >= 15 is 0 Å². The Kier molecular flexibility index (Phi) is 3.87. The van der Waals surface area contributed by atoms with Crippen molar-refractivity contribution in [1.29, 1.82) is 0 Å². The molecule has 0 unspecified atom stereocenters. The van der Waals surface area contributed by atoms with E-state index in [2.05, 4.69) is 36.8 Å². The summed E-state index contributed by atoms with van der Waals surface area (Å²) in [6.07, 6.45) is 1.62. The minimum Gasteiger partial charge on any atom is -0.454 e. The van der Waals surface area contributed by atoms with Gasteiger partial charge in [-0.3, -0.25) is 4.98 Å². The Morgan fingerprint density at radius 3 is 2.67 bits per heavy atom. The molecule has 3 rings (SSSR count). The van der Waals surface area contributed by atoms with Gasteiger partial charge in [0.2, 0.25) is 0 Å². The average molecular weight is 408 g/mol. The second kappa shape index (κ2) is 5.66. The number of benzene rings is 2. The number of hydrogen-bond donors (Lipinski definition) is 1. The van der Waals surface area contributed by atoms with Crippen molar-refractivity contribution < 1.29 is 4.74 Å². The van der Waals surface area contributed by atoms with Gasteiger partial charge in [-0.15, -0.1) is 0 Å². The van der Waals surface area contributed by atoms with E-state index in [0.29, 0.717) is 11.4 Å². The molecule has 3 aromatic rings. The van der Waals surface area contributed by atoms with Gasteiger partial charge >= 0.3 is 0 Å². The maximum Gasteiger partial charge on any atom is 0.161 e. The van der Waals surface area contributed by atoms with Crippen LogP contribution in [0.4, 0.5) is 5.69 Å². The summed E-state index contributed by atoms with van der Waals surface area (Å²) in [5.41, 5.74) is 8.50. The first-order valence-corrected chi connectivity index (χ1v) is 7.91. The maximum atomic E-state index is 6.04. The van der Waals surface area contributed by atoms with Gasteiger partial charge in [0.05, 0.1) is 17.4 Å². The quantitative estimate of drug-likeness (QED) is 0.614. The summed E-state index contributed by atoms with van der Waals surface area (Å²) in [4.78, 5) is 4.32. The SMILES string of the molecule is Cc1cc(Oc2c(N)cnc3ccc(Br)cc23)ccc1Br. The van der Waals surface area contributed by atoms with Crippen molar-refractivity contribution in [1.82, 2.24) is 4.98 Å². The van der Waals surface area contributed by atoms with Crippen molar-refractivity contribution in [2.24, 2.45) is 0 Å². The summed E-state index contributed by atoms with van der Waals surface area (Å²) in [7, 11) is 0. The minimum absolute atomic E-state index is 0.515. The van der Waals surface area contributed by atoms with Gasteiger partial charge in [0, 0.05) is 14.3 Å². The Hall–Kier alpha value is -1.59. The standard InChI is InChI=1S/C16H12Br2N2O/c1-9-6-11(3-4-13(9)18)21-16-12-7-10(17)2-5-15(12)20-8-14(16)19/h2-8H,19H2,1H3. The first-order valence-electron chi connectivity index (χ1n) is 6.32. The highest BCUT2D eigenvalue weighted by Gasteiger charge is 2.10. The second-order valence-electron chi connectivity index (χ2n) is 4.72. The number of anilines is 1. The molecule has 0 amide bonds. The molecule has 21 heavy (non-hydrogen) atoms. The van der Waals surface area contributed by atoms with Crippen molar-refractivity contribution in [2.45, 2.75) is 6.92 Å². The lowest BCUT2D eigenvalue weighted by molar-refractivity contribution is 0.489. The van der Waals surface area contributed by atoms with E-state index in [1.165, 1.54) is 0 Å². The van der Waals surface area contributed by atoms with Gasteiger partial charge in [-0.1, -0.05) is 31.9 Å². The monoisotopic (exact) mass is 406 g/mol. The number of pyridine rings is 1. The number of aromatic nitrogens is 1. The van der Waals surface area contributed by atoms with E-state index in [4.69, 9.17) is 10.5 Å². The van der Waals surface area contributed by atoms with E-state index in [1.807, 2.05) is 43.3 Å². The molecule has 0 radical (unpaired) electrons. The summed E-state index contributed by atoms with van der Waals surface area (Å²) in [5.74, 6) is 1.37. The Morgan fingerprint density at radius 1 is 1.10 bits per heavy atom. The van der Waals surface area contributed by atoms with E-state index in [0.717, 1.165) is 31.2 Å². The number of aryl methyl sites for hydroxylation is 1. The summed E-state index contributed by atoms with van der Waals surface area (Å²) >= 11 is 6.95. The minimum atomic E-state index is 0.515. The van der Waals surface area contributed by atoms with Crippen LogP contribution in [0.2, 0.25) is 0 Å². The second-order valence-corrected chi connectivity index (χ2v) is 6.49. The number of nitrogen functional groups attached to an aromatic ring is 1. The number of nitrogens with two attached hydrogens (primary N) is 1.